The molecule has 1 heterocycles. The smallest absolute Gasteiger partial charge is 0.128 e. The lowest BCUT2D eigenvalue weighted by molar-refractivity contribution is 0.213. The van der Waals surface area contributed by atoms with Gasteiger partial charge in [0.05, 0.1) is 6.61 Å². The minimum absolute atomic E-state index is 0.409. The van der Waals surface area contributed by atoms with Gasteiger partial charge in [0.1, 0.15) is 17.7 Å². The molecule has 0 spiro atoms. The SMILES string of the molecule is OC(c1cc(F)cc(Br)c1)c1cc(Cl)cc2c1OCC2. The molecule has 0 saturated carbocycles. The van der Waals surface area contributed by atoms with E-state index in [0.29, 0.717) is 33.0 Å². The number of ether oxygens (including phenoxy) is 1. The maximum absolute atomic E-state index is 13.5. The lowest BCUT2D eigenvalue weighted by Crippen LogP contribution is -2.03. The van der Waals surface area contributed by atoms with E-state index in [1.165, 1.54) is 12.1 Å². The normalized spacial score (nSPS) is 14.8. The summed E-state index contributed by atoms with van der Waals surface area (Å²) in [6, 6.07) is 7.82. The number of aliphatic hydroxyl groups excluding tert-OH is 1. The summed E-state index contributed by atoms with van der Waals surface area (Å²) in [6.07, 6.45) is -0.213. The van der Waals surface area contributed by atoms with Crippen molar-refractivity contribution in [3.63, 3.8) is 0 Å². The van der Waals surface area contributed by atoms with E-state index in [1.807, 2.05) is 6.07 Å². The lowest BCUT2D eigenvalue weighted by atomic mass is 9.98. The molecule has 5 heteroatoms. The fraction of sp³-hybridized carbons (Fsp3) is 0.200. The van der Waals surface area contributed by atoms with Crippen molar-refractivity contribution in [1.29, 1.82) is 0 Å². The number of fused-ring (bicyclic) bond motifs is 1. The van der Waals surface area contributed by atoms with Crippen molar-refractivity contribution in [2.45, 2.75) is 12.5 Å². The molecular formula is C15H11BrClFO2. The quantitative estimate of drug-likeness (QED) is 0.870. The number of aliphatic hydroxyl groups is 1. The first kappa shape index (κ1) is 13.9. The van der Waals surface area contributed by atoms with Crippen molar-refractivity contribution in [2.75, 3.05) is 6.61 Å². The summed E-state index contributed by atoms with van der Waals surface area (Å²) in [5, 5.41) is 11.0. The van der Waals surface area contributed by atoms with Crippen LogP contribution in [-0.4, -0.2) is 11.7 Å². The molecule has 1 unspecified atom stereocenters. The molecule has 0 saturated heterocycles. The number of benzene rings is 2. The van der Waals surface area contributed by atoms with Gasteiger partial charge in [-0.15, -0.1) is 0 Å². The molecule has 2 aromatic rings. The standard InChI is InChI=1S/C15H11BrClFO2/c16-10-3-9(5-12(18)6-10)14(19)13-7-11(17)4-8-1-2-20-15(8)13/h3-7,14,19H,1-2H2. The maximum atomic E-state index is 13.5. The van der Waals surface area contributed by atoms with Crippen molar-refractivity contribution < 1.29 is 14.2 Å². The summed E-state index contributed by atoms with van der Waals surface area (Å²) in [4.78, 5) is 0. The molecule has 1 N–H and O–H groups in total. The first-order chi connectivity index (χ1) is 9.54. The van der Waals surface area contributed by atoms with Gasteiger partial charge in [-0.1, -0.05) is 27.5 Å². The van der Waals surface area contributed by atoms with Crippen molar-refractivity contribution in [3.05, 3.63) is 62.3 Å². The Morgan fingerprint density at radius 3 is 2.80 bits per heavy atom. The van der Waals surface area contributed by atoms with Crippen LogP contribution in [0.15, 0.2) is 34.8 Å². The molecule has 2 nitrogen and oxygen atoms in total. The fourth-order valence-corrected chi connectivity index (χ4v) is 3.15. The molecule has 2 aromatic carbocycles. The van der Waals surface area contributed by atoms with Crippen LogP contribution < -0.4 is 4.74 Å². The number of hydrogen-bond acceptors (Lipinski definition) is 2. The third-order valence-electron chi connectivity index (χ3n) is 3.27. The molecule has 0 radical (unpaired) electrons. The largest absolute Gasteiger partial charge is 0.493 e. The third kappa shape index (κ3) is 2.55. The summed E-state index contributed by atoms with van der Waals surface area (Å²) in [6.45, 7) is 0.572. The van der Waals surface area contributed by atoms with Gasteiger partial charge in [0.15, 0.2) is 0 Å². The molecule has 0 fully saturated rings. The zero-order valence-electron chi connectivity index (χ0n) is 10.4. The van der Waals surface area contributed by atoms with Gasteiger partial charge in [0.2, 0.25) is 0 Å². The molecule has 20 heavy (non-hydrogen) atoms. The van der Waals surface area contributed by atoms with E-state index < -0.39 is 11.9 Å². The second-order valence-corrected chi connectivity index (χ2v) is 6.04. The summed E-state index contributed by atoms with van der Waals surface area (Å²) >= 11 is 9.29. The van der Waals surface area contributed by atoms with Crippen molar-refractivity contribution >= 4 is 27.5 Å². The van der Waals surface area contributed by atoms with Crippen LogP contribution in [0.2, 0.25) is 5.02 Å². The lowest BCUT2D eigenvalue weighted by Gasteiger charge is -2.16. The van der Waals surface area contributed by atoms with Crippen LogP contribution in [0.4, 0.5) is 4.39 Å². The van der Waals surface area contributed by atoms with E-state index in [1.54, 1.807) is 12.1 Å². The fourth-order valence-electron chi connectivity index (χ4n) is 2.41. The predicted molar refractivity (Wildman–Crippen MR) is 78.8 cm³/mol. The zero-order valence-corrected chi connectivity index (χ0v) is 12.7. The highest BCUT2D eigenvalue weighted by Gasteiger charge is 2.23. The number of halogens is 3. The maximum Gasteiger partial charge on any atom is 0.128 e. The Hall–Kier alpha value is -1.10. The summed E-state index contributed by atoms with van der Waals surface area (Å²) in [7, 11) is 0. The second-order valence-electron chi connectivity index (χ2n) is 4.69. The zero-order chi connectivity index (χ0) is 14.3. The monoisotopic (exact) mass is 356 g/mol. The van der Waals surface area contributed by atoms with Crippen molar-refractivity contribution in [3.8, 4) is 5.75 Å². The van der Waals surface area contributed by atoms with E-state index >= 15 is 0 Å². The van der Waals surface area contributed by atoms with Crippen molar-refractivity contribution in [2.24, 2.45) is 0 Å². The highest BCUT2D eigenvalue weighted by atomic mass is 79.9. The Labute approximate surface area is 129 Å². The Kier molecular flexibility index (Phi) is 3.71. The van der Waals surface area contributed by atoms with Crippen LogP contribution >= 0.6 is 27.5 Å². The Balaban J connectivity index is 2.08. The Morgan fingerprint density at radius 1 is 1.25 bits per heavy atom. The summed E-state index contributed by atoms with van der Waals surface area (Å²) in [5.74, 6) is 0.246. The van der Waals surface area contributed by atoms with E-state index in [0.717, 1.165) is 12.0 Å². The van der Waals surface area contributed by atoms with E-state index in [-0.39, 0.29) is 0 Å². The average Bonchev–Trinajstić information content (AvgIpc) is 2.83. The topological polar surface area (TPSA) is 29.5 Å². The highest BCUT2D eigenvalue weighted by Crippen LogP contribution is 2.39. The molecule has 104 valence electrons. The van der Waals surface area contributed by atoms with Gasteiger partial charge in [-0.05, 0) is 41.5 Å². The van der Waals surface area contributed by atoms with Gasteiger partial charge >= 0.3 is 0 Å². The summed E-state index contributed by atoms with van der Waals surface area (Å²) in [5.41, 5.74) is 2.00. The Bertz CT molecular complexity index is 655. The van der Waals surface area contributed by atoms with Gasteiger partial charge in [0, 0.05) is 21.5 Å². The van der Waals surface area contributed by atoms with E-state index in [9.17, 15) is 9.50 Å². The molecule has 1 aliphatic rings. The molecule has 1 aliphatic heterocycles. The van der Waals surface area contributed by atoms with Crippen LogP contribution in [-0.2, 0) is 6.42 Å². The van der Waals surface area contributed by atoms with Crippen LogP contribution in [0.1, 0.15) is 22.8 Å². The van der Waals surface area contributed by atoms with Crippen LogP contribution in [0.3, 0.4) is 0 Å². The first-order valence-corrected chi connectivity index (χ1v) is 7.31. The van der Waals surface area contributed by atoms with Crippen molar-refractivity contribution in [1.82, 2.24) is 0 Å². The molecule has 0 bridgehead atoms. The third-order valence-corrected chi connectivity index (χ3v) is 3.95. The minimum Gasteiger partial charge on any atom is -0.493 e. The first-order valence-electron chi connectivity index (χ1n) is 6.14. The van der Waals surface area contributed by atoms with Crippen LogP contribution in [0.25, 0.3) is 0 Å². The number of rotatable bonds is 2. The minimum atomic E-state index is -0.979. The summed E-state index contributed by atoms with van der Waals surface area (Å²) < 4.78 is 19.6. The van der Waals surface area contributed by atoms with Gasteiger partial charge in [-0.2, -0.15) is 0 Å². The molecule has 0 aromatic heterocycles. The van der Waals surface area contributed by atoms with Gasteiger partial charge in [-0.25, -0.2) is 4.39 Å². The molecule has 0 amide bonds. The van der Waals surface area contributed by atoms with Gasteiger partial charge in [-0.3, -0.25) is 0 Å². The molecule has 3 rings (SSSR count). The number of hydrogen-bond donors (Lipinski definition) is 1. The molecular weight excluding hydrogens is 347 g/mol. The van der Waals surface area contributed by atoms with E-state index in [2.05, 4.69) is 15.9 Å². The predicted octanol–water partition coefficient (Wildman–Crippen LogP) is 4.26. The van der Waals surface area contributed by atoms with E-state index in [4.69, 9.17) is 16.3 Å². The van der Waals surface area contributed by atoms with Crippen LogP contribution in [0.5, 0.6) is 5.75 Å². The second kappa shape index (κ2) is 5.35. The Morgan fingerprint density at radius 2 is 2.05 bits per heavy atom. The average molecular weight is 358 g/mol. The van der Waals surface area contributed by atoms with Gasteiger partial charge in [0.25, 0.3) is 0 Å². The molecule has 1 atom stereocenters. The molecule has 0 aliphatic carbocycles. The highest BCUT2D eigenvalue weighted by molar-refractivity contribution is 9.10. The van der Waals surface area contributed by atoms with Gasteiger partial charge < -0.3 is 9.84 Å². The van der Waals surface area contributed by atoms with Crippen LogP contribution in [0, 0.1) is 5.82 Å².